The van der Waals surface area contributed by atoms with Gasteiger partial charge in [0, 0.05) is 11.4 Å². The number of nitrogens with one attached hydrogen (secondary N) is 3. The topological polar surface area (TPSA) is 103 Å². The zero-order chi connectivity index (χ0) is 18.1. The standard InChI is InChI=1S/C17H15FN4O3/c18-12-1-3-13(4-2-12)21-16(23)11-20-17(24)22-14-5-7-15(8-6-14)25-10-9-19/h1-8H,10-11H2,(H,21,23)(H2,20,22,24). The molecule has 3 N–H and O–H groups in total. The third-order valence-corrected chi connectivity index (χ3v) is 2.95. The van der Waals surface area contributed by atoms with Crippen molar-refractivity contribution >= 4 is 23.3 Å². The number of amides is 3. The Morgan fingerprint density at radius 1 is 1.00 bits per heavy atom. The smallest absolute Gasteiger partial charge is 0.319 e. The predicted molar refractivity (Wildman–Crippen MR) is 89.6 cm³/mol. The van der Waals surface area contributed by atoms with Gasteiger partial charge in [0.2, 0.25) is 5.91 Å². The summed E-state index contributed by atoms with van der Waals surface area (Å²) in [6.45, 7) is -0.303. The molecule has 0 aliphatic carbocycles. The summed E-state index contributed by atoms with van der Waals surface area (Å²) < 4.78 is 17.9. The van der Waals surface area contributed by atoms with E-state index in [4.69, 9.17) is 10.00 Å². The van der Waals surface area contributed by atoms with Crippen LogP contribution in [0, 0.1) is 17.1 Å². The Bertz CT molecular complexity index is 770. The van der Waals surface area contributed by atoms with Crippen LogP contribution in [0.15, 0.2) is 48.5 Å². The fourth-order valence-corrected chi connectivity index (χ4v) is 1.82. The molecule has 0 aliphatic rings. The summed E-state index contributed by atoms with van der Waals surface area (Å²) in [5.41, 5.74) is 0.933. The van der Waals surface area contributed by atoms with Crippen LogP contribution in [0.4, 0.5) is 20.6 Å². The first-order valence-electron chi connectivity index (χ1n) is 7.27. The highest BCUT2D eigenvalue weighted by Crippen LogP contribution is 2.15. The van der Waals surface area contributed by atoms with Gasteiger partial charge in [0.05, 0.1) is 6.54 Å². The molecule has 0 unspecified atom stereocenters. The highest BCUT2D eigenvalue weighted by atomic mass is 19.1. The molecule has 2 rings (SSSR count). The van der Waals surface area contributed by atoms with Crippen molar-refractivity contribution in [3.05, 3.63) is 54.3 Å². The van der Waals surface area contributed by atoms with Crippen LogP contribution in [-0.4, -0.2) is 25.1 Å². The van der Waals surface area contributed by atoms with Crippen molar-refractivity contribution in [3.8, 4) is 11.8 Å². The van der Waals surface area contributed by atoms with Gasteiger partial charge in [0.1, 0.15) is 17.6 Å². The zero-order valence-corrected chi connectivity index (χ0v) is 13.1. The van der Waals surface area contributed by atoms with Crippen LogP contribution in [0.2, 0.25) is 0 Å². The first-order chi connectivity index (χ1) is 12.1. The summed E-state index contributed by atoms with van der Waals surface area (Å²) in [6.07, 6.45) is 0. The minimum Gasteiger partial charge on any atom is -0.479 e. The van der Waals surface area contributed by atoms with E-state index in [1.807, 2.05) is 6.07 Å². The van der Waals surface area contributed by atoms with Crippen LogP contribution >= 0.6 is 0 Å². The highest BCUT2D eigenvalue weighted by Gasteiger charge is 2.06. The maximum Gasteiger partial charge on any atom is 0.319 e. The minimum atomic E-state index is -0.556. The molecule has 2 aromatic carbocycles. The van der Waals surface area contributed by atoms with Gasteiger partial charge in [-0.05, 0) is 48.5 Å². The number of hydrogen-bond donors (Lipinski definition) is 3. The first kappa shape index (κ1) is 17.7. The quantitative estimate of drug-likeness (QED) is 0.750. The molecule has 128 valence electrons. The molecule has 0 spiro atoms. The Labute approximate surface area is 143 Å². The highest BCUT2D eigenvalue weighted by molar-refractivity contribution is 5.96. The summed E-state index contributed by atoms with van der Waals surface area (Å²) >= 11 is 0. The Balaban J connectivity index is 1.75. The van der Waals surface area contributed by atoms with E-state index < -0.39 is 17.8 Å². The van der Waals surface area contributed by atoms with Crippen molar-refractivity contribution in [2.24, 2.45) is 0 Å². The number of hydrogen-bond acceptors (Lipinski definition) is 4. The molecule has 3 amide bonds. The molecule has 0 atom stereocenters. The van der Waals surface area contributed by atoms with E-state index in [1.165, 1.54) is 24.3 Å². The Hall–Kier alpha value is -3.60. The average molecular weight is 342 g/mol. The number of rotatable bonds is 6. The van der Waals surface area contributed by atoms with Crippen molar-refractivity contribution in [2.45, 2.75) is 0 Å². The Morgan fingerprint density at radius 2 is 1.60 bits per heavy atom. The van der Waals surface area contributed by atoms with E-state index in [0.29, 0.717) is 17.1 Å². The molecule has 7 nitrogen and oxygen atoms in total. The lowest BCUT2D eigenvalue weighted by atomic mass is 10.3. The van der Waals surface area contributed by atoms with E-state index in [-0.39, 0.29) is 13.2 Å². The van der Waals surface area contributed by atoms with Gasteiger partial charge in [-0.3, -0.25) is 4.79 Å². The van der Waals surface area contributed by atoms with Crippen LogP contribution in [0.3, 0.4) is 0 Å². The molecular weight excluding hydrogens is 327 g/mol. The summed E-state index contributed by atoms with van der Waals surface area (Å²) in [5.74, 6) is -0.340. The lowest BCUT2D eigenvalue weighted by molar-refractivity contribution is -0.115. The number of nitriles is 1. The fourth-order valence-electron chi connectivity index (χ4n) is 1.82. The number of carbonyl (C=O) groups is 2. The second-order valence-corrected chi connectivity index (χ2v) is 4.83. The van der Waals surface area contributed by atoms with Gasteiger partial charge in [-0.25, -0.2) is 9.18 Å². The van der Waals surface area contributed by atoms with Gasteiger partial charge < -0.3 is 20.7 Å². The predicted octanol–water partition coefficient (Wildman–Crippen LogP) is 2.49. The molecule has 25 heavy (non-hydrogen) atoms. The summed E-state index contributed by atoms with van der Waals surface area (Å²) in [6, 6.07) is 13.0. The molecular formula is C17H15FN4O3. The first-order valence-corrected chi connectivity index (χ1v) is 7.27. The van der Waals surface area contributed by atoms with Gasteiger partial charge in [-0.15, -0.1) is 0 Å². The molecule has 0 aromatic heterocycles. The number of nitrogens with zero attached hydrogens (tertiary/aromatic N) is 1. The number of benzene rings is 2. The van der Waals surface area contributed by atoms with E-state index >= 15 is 0 Å². The molecule has 0 radical (unpaired) electrons. The summed E-state index contributed by atoms with van der Waals surface area (Å²) in [4.78, 5) is 23.5. The SMILES string of the molecule is N#CCOc1ccc(NC(=O)NCC(=O)Nc2ccc(F)cc2)cc1. The van der Waals surface area contributed by atoms with Gasteiger partial charge in [-0.2, -0.15) is 5.26 Å². The third-order valence-electron chi connectivity index (χ3n) is 2.95. The Kier molecular flexibility index (Phi) is 6.31. The fraction of sp³-hybridized carbons (Fsp3) is 0.118. The lowest BCUT2D eigenvalue weighted by Crippen LogP contribution is -2.35. The Morgan fingerprint density at radius 3 is 2.24 bits per heavy atom. The van der Waals surface area contributed by atoms with Crippen LogP contribution in [0.25, 0.3) is 0 Å². The molecule has 0 saturated carbocycles. The van der Waals surface area contributed by atoms with Gasteiger partial charge in [0.25, 0.3) is 0 Å². The van der Waals surface area contributed by atoms with Crippen LogP contribution in [0.5, 0.6) is 5.75 Å². The normalized spacial score (nSPS) is 9.60. The second kappa shape index (κ2) is 8.88. The maximum atomic E-state index is 12.8. The molecule has 0 saturated heterocycles. The molecule has 0 fully saturated rings. The van der Waals surface area contributed by atoms with Crippen molar-refractivity contribution in [1.82, 2.24) is 5.32 Å². The number of ether oxygens (including phenoxy) is 1. The minimum absolute atomic E-state index is 0.0591. The molecule has 0 bridgehead atoms. The monoisotopic (exact) mass is 342 g/mol. The van der Waals surface area contributed by atoms with Crippen LogP contribution in [0.1, 0.15) is 0 Å². The van der Waals surface area contributed by atoms with Crippen molar-refractivity contribution in [3.63, 3.8) is 0 Å². The van der Waals surface area contributed by atoms with E-state index in [0.717, 1.165) is 0 Å². The van der Waals surface area contributed by atoms with Gasteiger partial charge in [0.15, 0.2) is 6.61 Å². The number of anilines is 2. The van der Waals surface area contributed by atoms with Crippen molar-refractivity contribution < 1.29 is 18.7 Å². The lowest BCUT2D eigenvalue weighted by Gasteiger charge is -2.09. The zero-order valence-electron chi connectivity index (χ0n) is 13.1. The van der Waals surface area contributed by atoms with Gasteiger partial charge >= 0.3 is 6.03 Å². The average Bonchev–Trinajstić information content (AvgIpc) is 2.61. The summed E-state index contributed by atoms with van der Waals surface area (Å²) in [5, 5.41) is 15.9. The van der Waals surface area contributed by atoms with E-state index in [1.54, 1.807) is 24.3 Å². The summed E-state index contributed by atoms with van der Waals surface area (Å²) in [7, 11) is 0. The number of urea groups is 1. The second-order valence-electron chi connectivity index (χ2n) is 4.83. The third kappa shape index (κ3) is 6.19. The maximum absolute atomic E-state index is 12.8. The molecule has 2 aromatic rings. The number of carbonyl (C=O) groups excluding carboxylic acids is 2. The van der Waals surface area contributed by atoms with Gasteiger partial charge in [-0.1, -0.05) is 0 Å². The molecule has 0 aliphatic heterocycles. The van der Waals surface area contributed by atoms with Crippen LogP contribution < -0.4 is 20.7 Å². The van der Waals surface area contributed by atoms with Crippen molar-refractivity contribution in [2.75, 3.05) is 23.8 Å². The van der Waals surface area contributed by atoms with Crippen LogP contribution in [-0.2, 0) is 4.79 Å². The van der Waals surface area contributed by atoms with Crippen molar-refractivity contribution in [1.29, 1.82) is 5.26 Å². The largest absolute Gasteiger partial charge is 0.479 e. The van der Waals surface area contributed by atoms with E-state index in [9.17, 15) is 14.0 Å². The molecule has 0 heterocycles. The number of halogens is 1. The molecule has 8 heteroatoms. The van der Waals surface area contributed by atoms with E-state index in [2.05, 4.69) is 16.0 Å².